The number of Topliss-reactive ketones (excluding diaryl/α,β-unsaturated/α-hetero) is 1. The maximum atomic E-state index is 12.6. The largest absolute Gasteiger partial charge is 0.334 e. The molecule has 0 aliphatic carbocycles. The van der Waals surface area contributed by atoms with E-state index in [9.17, 15) is 9.59 Å². The predicted octanol–water partition coefficient (Wildman–Crippen LogP) is 5.22. The maximum Gasteiger partial charge on any atom is 0.237 e. The number of rotatable bonds is 4. The second-order valence-corrected chi connectivity index (χ2v) is 7.94. The van der Waals surface area contributed by atoms with Gasteiger partial charge in [0, 0.05) is 16.6 Å². The molecule has 0 aromatic heterocycles. The van der Waals surface area contributed by atoms with Gasteiger partial charge in [-0.05, 0) is 43.5 Å². The molecule has 0 saturated heterocycles. The van der Waals surface area contributed by atoms with Crippen LogP contribution in [0.1, 0.15) is 24.2 Å². The molecular weight excluding hydrogens is 370 g/mol. The molecule has 1 atom stereocenters. The Bertz CT molecular complexity index is 1120. The average Bonchev–Trinajstić information content (AvgIpc) is 2.68. The molecule has 1 heterocycles. The van der Waals surface area contributed by atoms with Crippen LogP contribution in [0, 0.1) is 0 Å². The number of carbonyl (C=O) groups is 2. The first-order chi connectivity index (χ1) is 13.5. The number of anilines is 2. The lowest BCUT2D eigenvalue weighted by molar-refractivity contribution is -0.115. The highest BCUT2D eigenvalue weighted by atomic mass is 32.2. The van der Waals surface area contributed by atoms with Crippen LogP contribution < -0.4 is 10.6 Å². The molecule has 6 heteroatoms. The van der Waals surface area contributed by atoms with Crippen LogP contribution in [0.5, 0.6) is 0 Å². The molecule has 1 aliphatic heterocycles. The zero-order valence-corrected chi connectivity index (χ0v) is 16.3. The number of thioether (sulfide) groups is 1. The van der Waals surface area contributed by atoms with Crippen LogP contribution in [-0.2, 0) is 4.79 Å². The highest BCUT2D eigenvalue weighted by Gasteiger charge is 2.21. The monoisotopic (exact) mass is 389 g/mol. The number of carbonyl (C=O) groups excluding carboxylic acids is 2. The van der Waals surface area contributed by atoms with E-state index in [1.54, 1.807) is 24.3 Å². The molecule has 0 radical (unpaired) electrons. The number of ketones is 1. The first-order valence-electron chi connectivity index (χ1n) is 8.97. The van der Waals surface area contributed by atoms with Crippen molar-refractivity contribution in [1.82, 2.24) is 0 Å². The number of amides is 1. The van der Waals surface area contributed by atoms with Gasteiger partial charge in [0.2, 0.25) is 5.91 Å². The normalized spacial score (nSPS) is 13.4. The summed E-state index contributed by atoms with van der Waals surface area (Å²) in [7, 11) is 0. The molecule has 2 N–H and O–H groups in total. The number of benzene rings is 3. The molecule has 0 saturated carbocycles. The van der Waals surface area contributed by atoms with Crippen molar-refractivity contribution in [2.24, 2.45) is 4.99 Å². The number of hydrogen-bond donors (Lipinski definition) is 2. The Labute approximate surface area is 167 Å². The fourth-order valence-electron chi connectivity index (χ4n) is 3.11. The predicted molar refractivity (Wildman–Crippen MR) is 117 cm³/mol. The third-order valence-electron chi connectivity index (χ3n) is 4.54. The van der Waals surface area contributed by atoms with Gasteiger partial charge in [0.15, 0.2) is 11.0 Å². The molecule has 3 aromatic rings. The summed E-state index contributed by atoms with van der Waals surface area (Å²) < 4.78 is 0. The summed E-state index contributed by atoms with van der Waals surface area (Å²) in [5, 5.41) is 8.74. The van der Waals surface area contributed by atoms with Crippen molar-refractivity contribution in [1.29, 1.82) is 0 Å². The van der Waals surface area contributed by atoms with Gasteiger partial charge in [0.05, 0.1) is 16.6 Å². The number of aliphatic imine (C=N–C) groups is 1. The van der Waals surface area contributed by atoms with Gasteiger partial charge in [-0.1, -0.05) is 48.2 Å². The smallest absolute Gasteiger partial charge is 0.237 e. The molecule has 140 valence electrons. The fraction of sp³-hybridized carbons (Fsp3) is 0.136. The Balaban J connectivity index is 1.49. The van der Waals surface area contributed by atoms with Crippen molar-refractivity contribution in [3.05, 3.63) is 66.2 Å². The molecule has 1 amide bonds. The first kappa shape index (κ1) is 18.3. The minimum atomic E-state index is -0.364. The van der Waals surface area contributed by atoms with Crippen LogP contribution >= 0.6 is 11.8 Å². The highest BCUT2D eigenvalue weighted by Crippen LogP contribution is 2.37. The van der Waals surface area contributed by atoms with Crippen LogP contribution in [0.4, 0.5) is 17.1 Å². The molecular formula is C22H19N3O2S. The zero-order valence-electron chi connectivity index (χ0n) is 15.5. The van der Waals surface area contributed by atoms with Crippen molar-refractivity contribution in [2.45, 2.75) is 19.1 Å². The van der Waals surface area contributed by atoms with Gasteiger partial charge in [-0.25, -0.2) is 4.99 Å². The Morgan fingerprint density at radius 3 is 2.61 bits per heavy atom. The third kappa shape index (κ3) is 3.64. The summed E-state index contributed by atoms with van der Waals surface area (Å²) in [6.45, 7) is 3.34. The van der Waals surface area contributed by atoms with E-state index in [0.717, 1.165) is 22.1 Å². The van der Waals surface area contributed by atoms with Crippen molar-refractivity contribution < 1.29 is 9.59 Å². The lowest BCUT2D eigenvalue weighted by Crippen LogP contribution is -2.26. The van der Waals surface area contributed by atoms with Gasteiger partial charge in [-0.2, -0.15) is 0 Å². The molecule has 0 bridgehead atoms. The Morgan fingerprint density at radius 1 is 1.07 bits per heavy atom. The van der Waals surface area contributed by atoms with E-state index in [1.807, 2.05) is 31.2 Å². The zero-order chi connectivity index (χ0) is 19.7. The first-order valence-corrected chi connectivity index (χ1v) is 9.85. The van der Waals surface area contributed by atoms with Crippen LogP contribution in [0.25, 0.3) is 10.8 Å². The maximum absolute atomic E-state index is 12.6. The number of nitrogens with one attached hydrogen (secondary N) is 2. The molecule has 28 heavy (non-hydrogen) atoms. The topological polar surface area (TPSA) is 70.6 Å². The summed E-state index contributed by atoms with van der Waals surface area (Å²) in [5.74, 6) is -0.181. The summed E-state index contributed by atoms with van der Waals surface area (Å²) in [5.41, 5.74) is 3.07. The standard InChI is InChI=1S/C22H19N3O2S/c1-13(26)16-8-3-9-17(12-16)23-21(27)14(2)28-22-24-18-10-4-6-15-7-5-11-19(25-22)20(15)18/h3-12,14H,1-2H3,(H,23,27)(H,24,25)/t14-/m1/s1. The summed E-state index contributed by atoms with van der Waals surface area (Å²) in [4.78, 5) is 28.8. The van der Waals surface area contributed by atoms with Crippen LogP contribution in [0.15, 0.2) is 65.7 Å². The quantitative estimate of drug-likeness (QED) is 0.601. The van der Waals surface area contributed by atoms with Crippen molar-refractivity contribution in [3.8, 4) is 0 Å². The van der Waals surface area contributed by atoms with Gasteiger partial charge < -0.3 is 10.6 Å². The second kappa shape index (κ2) is 7.48. The van der Waals surface area contributed by atoms with Gasteiger partial charge in [-0.3, -0.25) is 9.59 Å². The average molecular weight is 389 g/mol. The van der Waals surface area contributed by atoms with Gasteiger partial charge in [0.25, 0.3) is 0 Å². The molecule has 4 rings (SSSR count). The third-order valence-corrected chi connectivity index (χ3v) is 5.52. The molecule has 0 spiro atoms. The highest BCUT2D eigenvalue weighted by molar-refractivity contribution is 8.15. The molecule has 3 aromatic carbocycles. The van der Waals surface area contributed by atoms with Crippen LogP contribution in [0.3, 0.4) is 0 Å². The SMILES string of the molecule is CC(=O)c1cccc(NC(=O)[C@@H](C)SC2=Nc3cccc4cccc(c34)N2)c1. The van der Waals surface area contributed by atoms with E-state index in [1.165, 1.54) is 18.7 Å². The van der Waals surface area contributed by atoms with Gasteiger partial charge in [0.1, 0.15) is 0 Å². The van der Waals surface area contributed by atoms with Crippen molar-refractivity contribution >= 4 is 56.5 Å². The van der Waals surface area contributed by atoms with E-state index >= 15 is 0 Å². The lowest BCUT2D eigenvalue weighted by Gasteiger charge is -2.20. The number of hydrogen-bond acceptors (Lipinski definition) is 5. The van der Waals surface area contributed by atoms with Crippen molar-refractivity contribution in [2.75, 3.05) is 10.6 Å². The number of nitrogens with zero attached hydrogens (tertiary/aromatic N) is 1. The molecule has 0 fully saturated rings. The second-order valence-electron chi connectivity index (χ2n) is 6.61. The minimum Gasteiger partial charge on any atom is -0.334 e. The Kier molecular flexibility index (Phi) is 4.88. The van der Waals surface area contributed by atoms with E-state index in [4.69, 9.17) is 0 Å². The molecule has 1 aliphatic rings. The van der Waals surface area contributed by atoms with Gasteiger partial charge >= 0.3 is 0 Å². The summed E-state index contributed by atoms with van der Waals surface area (Å²) >= 11 is 1.37. The summed E-state index contributed by atoms with van der Waals surface area (Å²) in [6, 6.07) is 19.0. The van der Waals surface area contributed by atoms with E-state index in [-0.39, 0.29) is 16.9 Å². The lowest BCUT2D eigenvalue weighted by atomic mass is 10.1. The van der Waals surface area contributed by atoms with E-state index < -0.39 is 0 Å². The molecule has 5 nitrogen and oxygen atoms in total. The number of amidine groups is 1. The fourth-order valence-corrected chi connectivity index (χ4v) is 3.93. The Morgan fingerprint density at radius 2 is 1.82 bits per heavy atom. The Hall–Kier alpha value is -3.12. The van der Waals surface area contributed by atoms with E-state index in [2.05, 4.69) is 27.8 Å². The summed E-state index contributed by atoms with van der Waals surface area (Å²) in [6.07, 6.45) is 0. The van der Waals surface area contributed by atoms with Crippen LogP contribution in [-0.4, -0.2) is 22.1 Å². The minimum absolute atomic E-state index is 0.0351. The van der Waals surface area contributed by atoms with Crippen LogP contribution in [0.2, 0.25) is 0 Å². The van der Waals surface area contributed by atoms with E-state index in [0.29, 0.717) is 16.4 Å². The molecule has 0 unspecified atom stereocenters. The van der Waals surface area contributed by atoms with Crippen molar-refractivity contribution in [3.63, 3.8) is 0 Å². The van der Waals surface area contributed by atoms with Gasteiger partial charge in [-0.15, -0.1) is 0 Å².